The molecule has 0 radical (unpaired) electrons. The van der Waals surface area contributed by atoms with Gasteiger partial charge in [-0.2, -0.15) is 10.2 Å². The van der Waals surface area contributed by atoms with Gasteiger partial charge in [-0.25, -0.2) is 10.4 Å². The Kier molecular flexibility index (Phi) is 6.22. The number of methoxy groups -OCH3 is 1. The monoisotopic (exact) mass is 479 g/mol. The minimum atomic E-state index is -0.0725. The maximum atomic E-state index is 6.67. The highest BCUT2D eigenvalue weighted by atomic mass is 16.5. The first-order chi connectivity index (χ1) is 17.0. The van der Waals surface area contributed by atoms with E-state index >= 15 is 0 Å². The molecule has 9 heteroatoms. The van der Waals surface area contributed by atoms with Crippen molar-refractivity contribution < 1.29 is 9.47 Å². The Bertz CT molecular complexity index is 1010. The fourth-order valence-corrected chi connectivity index (χ4v) is 6.75. The number of fused-ring (bicyclic) bond motifs is 3. The van der Waals surface area contributed by atoms with Gasteiger partial charge in [0, 0.05) is 50.1 Å². The average Bonchev–Trinajstić information content (AvgIpc) is 3.26. The molecule has 35 heavy (non-hydrogen) atoms. The van der Waals surface area contributed by atoms with Gasteiger partial charge in [0.05, 0.1) is 36.2 Å². The van der Waals surface area contributed by atoms with Crippen LogP contribution in [0.15, 0.2) is 24.5 Å². The molecule has 0 spiro atoms. The number of aryl methyl sites for hydroxylation is 2. The van der Waals surface area contributed by atoms with Crippen molar-refractivity contribution in [3.05, 3.63) is 46.9 Å². The van der Waals surface area contributed by atoms with Crippen LogP contribution in [0.2, 0.25) is 0 Å². The number of pyridine rings is 1. The molecule has 7 rings (SSSR count). The number of anilines is 1. The lowest BCUT2D eigenvalue weighted by Gasteiger charge is -2.48. The highest BCUT2D eigenvalue weighted by Crippen LogP contribution is 2.41. The number of rotatable bonds is 6. The SMILES string of the molecule is COC1CC2NNC(c3ccc(N4CC5CC(C4)N5)nc3)C2CC1O[C@H](C)c1c(C)cnnc1C. The lowest BCUT2D eigenvalue weighted by molar-refractivity contribution is -0.117. The van der Waals surface area contributed by atoms with E-state index in [4.69, 9.17) is 14.5 Å². The van der Waals surface area contributed by atoms with Crippen molar-refractivity contribution >= 4 is 5.82 Å². The topological polar surface area (TPSA) is 96.5 Å². The van der Waals surface area contributed by atoms with E-state index in [0.717, 1.165) is 48.6 Å². The molecule has 4 aliphatic heterocycles. The third kappa shape index (κ3) is 4.34. The smallest absolute Gasteiger partial charge is 0.128 e. The molecular weight excluding hydrogens is 442 g/mol. The highest BCUT2D eigenvalue weighted by molar-refractivity contribution is 5.42. The maximum absolute atomic E-state index is 6.67. The largest absolute Gasteiger partial charge is 0.379 e. The van der Waals surface area contributed by atoms with Gasteiger partial charge in [0.1, 0.15) is 5.82 Å². The van der Waals surface area contributed by atoms with E-state index in [0.29, 0.717) is 24.0 Å². The van der Waals surface area contributed by atoms with Crippen LogP contribution in [0.1, 0.15) is 60.7 Å². The molecule has 1 aliphatic carbocycles. The minimum Gasteiger partial charge on any atom is -0.379 e. The van der Waals surface area contributed by atoms with Crippen LogP contribution >= 0.6 is 0 Å². The van der Waals surface area contributed by atoms with Crippen molar-refractivity contribution in [2.75, 3.05) is 25.1 Å². The minimum absolute atomic E-state index is 0.00669. The molecule has 188 valence electrons. The van der Waals surface area contributed by atoms with Crippen molar-refractivity contribution in [1.82, 2.24) is 31.3 Å². The molecule has 4 saturated heterocycles. The normalized spacial score (nSPS) is 34.9. The lowest BCUT2D eigenvalue weighted by Crippen LogP contribution is -2.67. The first kappa shape index (κ1) is 23.2. The van der Waals surface area contributed by atoms with Crippen molar-refractivity contribution in [2.45, 2.75) is 82.5 Å². The second kappa shape index (κ2) is 9.37. The van der Waals surface area contributed by atoms with Crippen LogP contribution in [0.4, 0.5) is 5.82 Å². The number of aromatic nitrogens is 3. The zero-order chi connectivity index (χ0) is 24.1. The molecule has 5 fully saturated rings. The summed E-state index contributed by atoms with van der Waals surface area (Å²) in [5.41, 5.74) is 11.5. The third-order valence-corrected chi connectivity index (χ3v) is 8.51. The van der Waals surface area contributed by atoms with E-state index < -0.39 is 0 Å². The molecule has 8 atom stereocenters. The molecule has 0 amide bonds. The Morgan fingerprint density at radius 2 is 1.83 bits per heavy atom. The van der Waals surface area contributed by atoms with Crippen molar-refractivity contribution in [1.29, 1.82) is 0 Å². The predicted octanol–water partition coefficient (Wildman–Crippen LogP) is 2.13. The van der Waals surface area contributed by atoms with Gasteiger partial charge in [-0.1, -0.05) is 6.07 Å². The van der Waals surface area contributed by atoms with Gasteiger partial charge in [-0.15, -0.1) is 0 Å². The first-order valence-corrected chi connectivity index (χ1v) is 12.9. The van der Waals surface area contributed by atoms with E-state index in [9.17, 15) is 0 Å². The summed E-state index contributed by atoms with van der Waals surface area (Å²) in [6, 6.07) is 6.22. The van der Waals surface area contributed by atoms with E-state index in [1.807, 2.05) is 13.1 Å². The highest BCUT2D eigenvalue weighted by Gasteiger charge is 2.46. The number of nitrogens with zero attached hydrogens (tertiary/aromatic N) is 4. The number of piperazine rings is 1. The lowest BCUT2D eigenvalue weighted by atomic mass is 9.77. The van der Waals surface area contributed by atoms with Crippen LogP contribution < -0.4 is 21.1 Å². The Balaban J connectivity index is 1.16. The standard InChI is InChI=1S/C26H37N7O2/c1-14-10-28-30-15(2)25(14)16(3)35-23-8-20-21(9-22(23)34-4)31-32-26(20)17-5-6-24(27-11-17)33-12-18-7-19(13-33)29-18/h5-6,10-11,16,18-23,26,29,31-32H,7-9,12-13H2,1-4H3/t16-,18?,19?,20?,21?,22?,23?,26?/m1/s1. The summed E-state index contributed by atoms with van der Waals surface area (Å²) in [4.78, 5) is 7.27. The van der Waals surface area contributed by atoms with E-state index in [2.05, 4.69) is 63.4 Å². The van der Waals surface area contributed by atoms with E-state index in [1.165, 1.54) is 12.0 Å². The molecule has 6 heterocycles. The summed E-state index contributed by atoms with van der Waals surface area (Å²) in [5.74, 6) is 1.48. The van der Waals surface area contributed by atoms with Crippen LogP contribution in [-0.4, -0.2) is 65.7 Å². The van der Waals surface area contributed by atoms with Gasteiger partial charge < -0.3 is 19.7 Å². The summed E-state index contributed by atoms with van der Waals surface area (Å²) >= 11 is 0. The molecule has 2 bridgehead atoms. The fourth-order valence-electron chi connectivity index (χ4n) is 6.75. The molecule has 7 unspecified atom stereocenters. The van der Waals surface area contributed by atoms with Crippen LogP contribution in [0, 0.1) is 19.8 Å². The molecule has 9 nitrogen and oxygen atoms in total. The van der Waals surface area contributed by atoms with Gasteiger partial charge in [0.15, 0.2) is 0 Å². The number of hydrogen-bond donors (Lipinski definition) is 3. The predicted molar refractivity (Wildman–Crippen MR) is 133 cm³/mol. The van der Waals surface area contributed by atoms with Gasteiger partial charge in [0.25, 0.3) is 0 Å². The molecule has 5 aliphatic rings. The summed E-state index contributed by atoms with van der Waals surface area (Å²) in [7, 11) is 1.79. The van der Waals surface area contributed by atoms with Crippen LogP contribution in [0.3, 0.4) is 0 Å². The average molecular weight is 480 g/mol. The fraction of sp³-hybridized carbons (Fsp3) is 0.654. The molecule has 2 aromatic heterocycles. The number of hydrazine groups is 1. The molecule has 0 aromatic carbocycles. The summed E-state index contributed by atoms with van der Waals surface area (Å²) in [5, 5.41) is 11.9. The van der Waals surface area contributed by atoms with Gasteiger partial charge in [-0.05, 0) is 63.1 Å². The Labute approximate surface area is 207 Å². The number of piperidine rings is 1. The maximum Gasteiger partial charge on any atom is 0.128 e. The van der Waals surface area contributed by atoms with E-state index in [-0.39, 0.29) is 24.4 Å². The molecule has 2 aromatic rings. The molecular formula is C26H37N7O2. The third-order valence-electron chi connectivity index (χ3n) is 8.51. The van der Waals surface area contributed by atoms with Crippen molar-refractivity contribution in [2.24, 2.45) is 5.92 Å². The zero-order valence-electron chi connectivity index (χ0n) is 21.1. The quantitative estimate of drug-likeness (QED) is 0.576. The van der Waals surface area contributed by atoms with Crippen molar-refractivity contribution in [3.8, 4) is 0 Å². The summed E-state index contributed by atoms with van der Waals surface area (Å²) in [6.07, 6.45) is 6.97. The van der Waals surface area contributed by atoms with Gasteiger partial charge in [0.2, 0.25) is 0 Å². The summed E-state index contributed by atoms with van der Waals surface area (Å²) in [6.45, 7) is 8.29. The second-order valence-corrected chi connectivity index (χ2v) is 10.8. The zero-order valence-corrected chi connectivity index (χ0v) is 21.1. The number of ether oxygens (including phenoxy) is 2. The van der Waals surface area contributed by atoms with Crippen molar-refractivity contribution in [3.63, 3.8) is 0 Å². The van der Waals surface area contributed by atoms with E-state index in [1.54, 1.807) is 7.11 Å². The van der Waals surface area contributed by atoms with Gasteiger partial charge in [-0.3, -0.25) is 5.43 Å². The Morgan fingerprint density at radius 3 is 2.51 bits per heavy atom. The van der Waals surface area contributed by atoms with Crippen LogP contribution in [-0.2, 0) is 9.47 Å². The Hall–Kier alpha value is -2.17. The first-order valence-electron chi connectivity index (χ1n) is 12.9. The number of nitrogens with one attached hydrogen (secondary N) is 3. The van der Waals surface area contributed by atoms with Gasteiger partial charge >= 0.3 is 0 Å². The summed E-state index contributed by atoms with van der Waals surface area (Å²) < 4.78 is 12.6. The number of hydrogen-bond acceptors (Lipinski definition) is 9. The second-order valence-electron chi connectivity index (χ2n) is 10.8. The van der Waals surface area contributed by atoms with Crippen LogP contribution in [0.5, 0.6) is 0 Å². The molecule has 3 N–H and O–H groups in total. The molecule has 1 saturated carbocycles. The van der Waals surface area contributed by atoms with Crippen LogP contribution in [0.25, 0.3) is 0 Å². The Morgan fingerprint density at radius 1 is 1.03 bits per heavy atom.